The van der Waals surface area contributed by atoms with Gasteiger partial charge < -0.3 is 49.1 Å². The fraction of sp³-hybridized carbons (Fsp3) is 0.727. The molecule has 0 aromatic carbocycles. The van der Waals surface area contributed by atoms with Crippen LogP contribution < -0.4 is 38.9 Å². The summed E-state index contributed by atoms with van der Waals surface area (Å²) in [6.07, 6.45) is 1.25. The number of aliphatic carboxylic acids is 2. The maximum Gasteiger partial charge on any atom is 0.326 e. The van der Waals surface area contributed by atoms with E-state index in [1.165, 1.54) is 0 Å². The van der Waals surface area contributed by atoms with Crippen molar-refractivity contribution >= 4 is 35.6 Å². The summed E-state index contributed by atoms with van der Waals surface area (Å²) in [5, 5.41) is 25.5. The van der Waals surface area contributed by atoms with E-state index in [1.54, 1.807) is 0 Å². The Labute approximate surface area is 215 Å². The minimum Gasteiger partial charge on any atom is -0.481 e. The third kappa shape index (κ3) is 15.4. The van der Waals surface area contributed by atoms with Crippen LogP contribution in [0.1, 0.15) is 64.2 Å². The van der Waals surface area contributed by atoms with Gasteiger partial charge in [0.25, 0.3) is 0 Å². The van der Waals surface area contributed by atoms with Crippen molar-refractivity contribution < 1.29 is 39.0 Å². The van der Waals surface area contributed by atoms with E-state index in [9.17, 15) is 33.9 Å². The number of hydrogen-bond acceptors (Lipinski definition) is 9. The lowest BCUT2D eigenvalue weighted by Gasteiger charge is -2.25. The Morgan fingerprint density at radius 3 is 1.54 bits per heavy atom. The summed E-state index contributed by atoms with van der Waals surface area (Å²) >= 11 is 0. The Morgan fingerprint density at radius 2 is 1.08 bits per heavy atom. The predicted octanol–water partition coefficient (Wildman–Crippen LogP) is -2.76. The van der Waals surface area contributed by atoms with Gasteiger partial charge in [0.2, 0.25) is 23.6 Å². The third-order valence-electron chi connectivity index (χ3n) is 5.46. The minimum absolute atomic E-state index is 0.0806. The average Bonchev–Trinajstić information content (AvgIpc) is 2.82. The van der Waals surface area contributed by atoms with Crippen molar-refractivity contribution in [2.24, 2.45) is 22.9 Å². The monoisotopic (exact) mass is 531 g/mol. The molecule has 0 aliphatic carbocycles. The van der Waals surface area contributed by atoms with Crippen LogP contribution >= 0.6 is 0 Å². The second-order valence-corrected chi connectivity index (χ2v) is 8.63. The number of rotatable bonds is 21. The molecule has 15 heteroatoms. The number of unbranched alkanes of at least 4 members (excludes halogenated alkanes) is 2. The zero-order valence-electron chi connectivity index (χ0n) is 20.9. The smallest absolute Gasteiger partial charge is 0.326 e. The quantitative estimate of drug-likeness (QED) is 0.0683. The van der Waals surface area contributed by atoms with Crippen LogP contribution in [0, 0.1) is 0 Å². The zero-order chi connectivity index (χ0) is 28.4. The molecule has 37 heavy (non-hydrogen) atoms. The summed E-state index contributed by atoms with van der Waals surface area (Å²) in [5.74, 6) is -5.74. The second-order valence-electron chi connectivity index (χ2n) is 8.63. The molecule has 4 atom stereocenters. The van der Waals surface area contributed by atoms with Gasteiger partial charge in [-0.2, -0.15) is 0 Å². The first kappa shape index (κ1) is 33.7. The summed E-state index contributed by atoms with van der Waals surface area (Å²) in [5.41, 5.74) is 21.9. The van der Waals surface area contributed by atoms with Crippen LogP contribution in [0.25, 0.3) is 0 Å². The van der Waals surface area contributed by atoms with Crippen molar-refractivity contribution in [3.8, 4) is 0 Å². The van der Waals surface area contributed by atoms with Crippen LogP contribution in [0.4, 0.5) is 0 Å². The van der Waals surface area contributed by atoms with E-state index in [-0.39, 0.29) is 25.7 Å². The van der Waals surface area contributed by atoms with Gasteiger partial charge in [0, 0.05) is 12.8 Å². The van der Waals surface area contributed by atoms with Crippen LogP contribution in [0.5, 0.6) is 0 Å². The first-order chi connectivity index (χ1) is 17.4. The number of amides is 4. The van der Waals surface area contributed by atoms with E-state index in [1.807, 2.05) is 0 Å². The number of nitrogens with two attached hydrogens (primary N) is 4. The van der Waals surface area contributed by atoms with Gasteiger partial charge in [-0.3, -0.25) is 24.0 Å². The van der Waals surface area contributed by atoms with Gasteiger partial charge in [-0.15, -0.1) is 0 Å². The van der Waals surface area contributed by atoms with Crippen LogP contribution in [-0.2, 0) is 28.8 Å². The van der Waals surface area contributed by atoms with Crippen molar-refractivity contribution in [2.45, 2.75) is 88.4 Å². The van der Waals surface area contributed by atoms with Gasteiger partial charge in [-0.25, -0.2) is 4.79 Å². The lowest BCUT2D eigenvalue weighted by molar-refractivity contribution is -0.143. The predicted molar refractivity (Wildman–Crippen MR) is 133 cm³/mol. The number of primary amides is 1. The number of hydrogen-bond donors (Lipinski definition) is 9. The number of carbonyl (C=O) groups excluding carboxylic acids is 4. The molecule has 0 fully saturated rings. The van der Waals surface area contributed by atoms with E-state index in [0.29, 0.717) is 45.2 Å². The molecular weight excluding hydrogens is 490 g/mol. The molecule has 0 aliphatic rings. The summed E-state index contributed by atoms with van der Waals surface area (Å²) in [6, 6.07) is -4.96. The average molecular weight is 532 g/mol. The number of carboxylic acids is 2. The molecule has 0 heterocycles. The topological polar surface area (TPSA) is 283 Å². The molecule has 4 amide bonds. The molecule has 0 aliphatic heterocycles. The summed E-state index contributed by atoms with van der Waals surface area (Å²) in [6.45, 7) is 0.764. The standard InChI is InChI=1S/C22H41N7O8/c23-11-3-1-5-13(25)19(33)27-14(7-9-17(26)30)20(34)28-15(8-10-18(31)32)21(35)29-16(22(36)37)6-2-4-12-24/h13-16H,1-12,23-25H2,(H2,26,30)(H,27,33)(H,28,34)(H,29,35)(H,31,32)(H,36,37). The van der Waals surface area contributed by atoms with Crippen molar-refractivity contribution in [1.29, 1.82) is 0 Å². The Bertz CT molecular complexity index is 780. The van der Waals surface area contributed by atoms with Crippen molar-refractivity contribution in [2.75, 3.05) is 13.1 Å². The molecular formula is C22H41N7O8. The van der Waals surface area contributed by atoms with Gasteiger partial charge in [0.1, 0.15) is 18.1 Å². The van der Waals surface area contributed by atoms with Gasteiger partial charge in [0.15, 0.2) is 0 Å². The van der Waals surface area contributed by atoms with Gasteiger partial charge in [-0.05, 0) is 58.0 Å². The molecule has 212 valence electrons. The van der Waals surface area contributed by atoms with E-state index in [0.717, 1.165) is 0 Å². The van der Waals surface area contributed by atoms with Gasteiger partial charge >= 0.3 is 11.9 Å². The first-order valence-electron chi connectivity index (χ1n) is 12.2. The zero-order valence-corrected chi connectivity index (χ0v) is 20.9. The van der Waals surface area contributed by atoms with Gasteiger partial charge in [-0.1, -0.05) is 6.42 Å². The molecule has 0 aromatic rings. The third-order valence-corrected chi connectivity index (χ3v) is 5.46. The molecule has 0 saturated carbocycles. The highest BCUT2D eigenvalue weighted by Gasteiger charge is 2.30. The molecule has 0 aromatic heterocycles. The van der Waals surface area contributed by atoms with Gasteiger partial charge in [0.05, 0.1) is 6.04 Å². The summed E-state index contributed by atoms with van der Waals surface area (Å²) in [4.78, 5) is 72.1. The summed E-state index contributed by atoms with van der Waals surface area (Å²) < 4.78 is 0. The SMILES string of the molecule is NCCCCC(N)C(=O)NC(CCC(N)=O)C(=O)NC(CCC(=O)O)C(=O)NC(CCCCN)C(=O)O. The molecule has 4 unspecified atom stereocenters. The molecule has 13 N–H and O–H groups in total. The lowest BCUT2D eigenvalue weighted by Crippen LogP contribution is -2.57. The van der Waals surface area contributed by atoms with Crippen LogP contribution in [-0.4, -0.2) is 83.0 Å². The molecule has 0 radical (unpaired) electrons. The second kappa shape index (κ2) is 18.9. The number of carbonyl (C=O) groups is 6. The van der Waals surface area contributed by atoms with Crippen molar-refractivity contribution in [3.05, 3.63) is 0 Å². The Kier molecular flexibility index (Phi) is 17.2. The molecule has 0 bridgehead atoms. The van der Waals surface area contributed by atoms with E-state index in [4.69, 9.17) is 28.0 Å². The van der Waals surface area contributed by atoms with E-state index < -0.39 is 66.2 Å². The fourth-order valence-electron chi connectivity index (χ4n) is 3.31. The largest absolute Gasteiger partial charge is 0.481 e. The Hall–Kier alpha value is -3.30. The van der Waals surface area contributed by atoms with Crippen LogP contribution in [0.2, 0.25) is 0 Å². The minimum atomic E-state index is -1.42. The Morgan fingerprint density at radius 1 is 0.622 bits per heavy atom. The summed E-state index contributed by atoms with van der Waals surface area (Å²) in [7, 11) is 0. The molecule has 15 nitrogen and oxygen atoms in total. The number of carboxylic acid groups (broad SMARTS) is 2. The van der Waals surface area contributed by atoms with Crippen molar-refractivity contribution in [3.63, 3.8) is 0 Å². The molecule has 0 saturated heterocycles. The lowest BCUT2D eigenvalue weighted by atomic mass is 10.0. The maximum absolute atomic E-state index is 13.0. The van der Waals surface area contributed by atoms with E-state index in [2.05, 4.69) is 16.0 Å². The number of nitrogens with one attached hydrogen (secondary N) is 3. The van der Waals surface area contributed by atoms with E-state index >= 15 is 0 Å². The normalized spacial score (nSPS) is 14.0. The molecule has 0 rings (SSSR count). The highest BCUT2D eigenvalue weighted by molar-refractivity contribution is 5.94. The van der Waals surface area contributed by atoms with Crippen LogP contribution in [0.3, 0.4) is 0 Å². The highest BCUT2D eigenvalue weighted by Crippen LogP contribution is 2.07. The molecule has 0 spiro atoms. The maximum atomic E-state index is 13.0. The fourth-order valence-corrected chi connectivity index (χ4v) is 3.31. The highest BCUT2D eigenvalue weighted by atomic mass is 16.4. The van der Waals surface area contributed by atoms with Crippen molar-refractivity contribution in [1.82, 2.24) is 16.0 Å². The van der Waals surface area contributed by atoms with Crippen LogP contribution in [0.15, 0.2) is 0 Å². The first-order valence-corrected chi connectivity index (χ1v) is 12.2. The Balaban J connectivity index is 5.54.